The Morgan fingerprint density at radius 1 is 0.433 bits per heavy atom. The number of hydrogen-bond donors (Lipinski definition) is 0. The molecule has 0 radical (unpaired) electrons. The molecule has 4 heteroatoms. The average molecular weight is 427 g/mol. The van der Waals surface area contributed by atoms with Gasteiger partial charge in [-0.25, -0.2) is 0 Å². The molecule has 30 heavy (non-hydrogen) atoms. The van der Waals surface area contributed by atoms with E-state index >= 15 is 0 Å². The second kappa shape index (κ2) is 24.2. The van der Waals surface area contributed by atoms with E-state index in [2.05, 4.69) is 13.8 Å². The lowest BCUT2D eigenvalue weighted by Gasteiger charge is -2.06. The van der Waals surface area contributed by atoms with E-state index in [0.29, 0.717) is 26.1 Å². The molecule has 0 rings (SSSR count). The van der Waals surface area contributed by atoms with E-state index < -0.39 is 0 Å². The van der Waals surface area contributed by atoms with Crippen molar-refractivity contribution in [3.8, 4) is 0 Å². The molecule has 0 fully saturated rings. The number of unbranched alkanes of at least 4 members (excludes halogenated alkanes) is 15. The van der Waals surface area contributed by atoms with Gasteiger partial charge in [0.15, 0.2) is 0 Å². The SMILES string of the molecule is CCCCCCCCCCC(=O)OCCCCOC(=O)CCCCCCCCCC. The highest BCUT2D eigenvalue weighted by atomic mass is 16.5. The van der Waals surface area contributed by atoms with Crippen molar-refractivity contribution in [3.63, 3.8) is 0 Å². The maximum Gasteiger partial charge on any atom is 0.305 e. The minimum atomic E-state index is -0.0901. The predicted octanol–water partition coefficient (Wildman–Crippen LogP) is 7.91. The molecule has 0 unspecified atom stereocenters. The van der Waals surface area contributed by atoms with Gasteiger partial charge in [-0.3, -0.25) is 9.59 Å². The number of carbonyl (C=O) groups excluding carboxylic acids is 2. The summed E-state index contributed by atoms with van der Waals surface area (Å²) in [5.41, 5.74) is 0. The summed E-state index contributed by atoms with van der Waals surface area (Å²) in [5.74, 6) is -0.180. The van der Waals surface area contributed by atoms with Crippen molar-refractivity contribution >= 4 is 11.9 Å². The number of hydrogen-bond acceptors (Lipinski definition) is 4. The minimum Gasteiger partial charge on any atom is -0.466 e. The van der Waals surface area contributed by atoms with Crippen LogP contribution in [-0.4, -0.2) is 25.2 Å². The fourth-order valence-corrected chi connectivity index (χ4v) is 3.53. The summed E-state index contributed by atoms with van der Waals surface area (Å²) in [4.78, 5) is 23.4. The molecule has 0 aromatic rings. The molecule has 0 aromatic carbocycles. The molecule has 0 N–H and O–H groups in total. The number of esters is 2. The zero-order valence-corrected chi connectivity index (χ0v) is 20.2. The largest absolute Gasteiger partial charge is 0.466 e. The van der Waals surface area contributed by atoms with Gasteiger partial charge in [-0.05, 0) is 25.7 Å². The Kier molecular flexibility index (Phi) is 23.4. The predicted molar refractivity (Wildman–Crippen MR) is 126 cm³/mol. The highest BCUT2D eigenvalue weighted by Gasteiger charge is 2.04. The van der Waals surface area contributed by atoms with Crippen LogP contribution in [0.3, 0.4) is 0 Å². The third kappa shape index (κ3) is 23.2. The molecule has 0 aliphatic rings. The summed E-state index contributed by atoms with van der Waals surface area (Å²) in [7, 11) is 0. The van der Waals surface area contributed by atoms with E-state index in [-0.39, 0.29) is 11.9 Å². The van der Waals surface area contributed by atoms with Crippen LogP contribution in [0, 0.1) is 0 Å². The summed E-state index contributed by atoms with van der Waals surface area (Å²) < 4.78 is 10.5. The molecule has 0 saturated heterocycles. The first-order valence-electron chi connectivity index (χ1n) is 13.0. The molecule has 4 nitrogen and oxygen atoms in total. The fraction of sp³-hybridized carbons (Fsp3) is 0.923. The Morgan fingerprint density at radius 2 is 0.733 bits per heavy atom. The third-order valence-electron chi connectivity index (χ3n) is 5.53. The van der Waals surface area contributed by atoms with Gasteiger partial charge in [-0.1, -0.05) is 104 Å². The van der Waals surface area contributed by atoms with Crippen molar-refractivity contribution in [2.45, 2.75) is 142 Å². The second-order valence-electron chi connectivity index (χ2n) is 8.60. The zero-order chi connectivity index (χ0) is 22.1. The molecule has 0 atom stereocenters. The van der Waals surface area contributed by atoms with Gasteiger partial charge in [0.1, 0.15) is 0 Å². The van der Waals surface area contributed by atoms with E-state index in [1.165, 1.54) is 77.0 Å². The fourth-order valence-electron chi connectivity index (χ4n) is 3.53. The van der Waals surface area contributed by atoms with Crippen LogP contribution in [0.1, 0.15) is 142 Å². The molecular weight excluding hydrogens is 376 g/mol. The number of rotatable bonds is 23. The number of ether oxygens (including phenoxy) is 2. The standard InChI is InChI=1S/C26H50O4/c1-3-5-7-9-11-13-15-17-21-25(27)29-23-19-20-24-30-26(28)22-18-16-14-12-10-8-6-4-2/h3-24H2,1-2H3. The summed E-state index contributed by atoms with van der Waals surface area (Å²) >= 11 is 0. The van der Waals surface area contributed by atoms with Crippen molar-refractivity contribution in [3.05, 3.63) is 0 Å². The molecule has 0 heterocycles. The van der Waals surface area contributed by atoms with Crippen LogP contribution in [-0.2, 0) is 19.1 Å². The Morgan fingerprint density at radius 3 is 1.07 bits per heavy atom. The van der Waals surface area contributed by atoms with Crippen LogP contribution in [0.25, 0.3) is 0 Å². The monoisotopic (exact) mass is 426 g/mol. The van der Waals surface area contributed by atoms with E-state index in [1.54, 1.807) is 0 Å². The van der Waals surface area contributed by atoms with Crippen molar-refractivity contribution in [2.75, 3.05) is 13.2 Å². The summed E-state index contributed by atoms with van der Waals surface area (Å²) in [5, 5.41) is 0. The molecule has 0 saturated carbocycles. The Balaban J connectivity index is 3.28. The number of carbonyl (C=O) groups is 2. The molecule has 0 bridgehead atoms. The smallest absolute Gasteiger partial charge is 0.305 e. The Labute approximate surface area is 186 Å². The lowest BCUT2D eigenvalue weighted by Crippen LogP contribution is -2.08. The average Bonchev–Trinajstić information content (AvgIpc) is 2.74. The van der Waals surface area contributed by atoms with Crippen molar-refractivity contribution in [1.82, 2.24) is 0 Å². The van der Waals surface area contributed by atoms with Crippen LogP contribution in [0.15, 0.2) is 0 Å². The van der Waals surface area contributed by atoms with E-state index in [4.69, 9.17) is 9.47 Å². The Bertz CT molecular complexity index is 345. The third-order valence-corrected chi connectivity index (χ3v) is 5.53. The minimum absolute atomic E-state index is 0.0901. The van der Waals surface area contributed by atoms with Crippen molar-refractivity contribution < 1.29 is 19.1 Å². The topological polar surface area (TPSA) is 52.6 Å². The van der Waals surface area contributed by atoms with Gasteiger partial charge in [-0.15, -0.1) is 0 Å². The van der Waals surface area contributed by atoms with E-state index in [0.717, 1.165) is 38.5 Å². The van der Waals surface area contributed by atoms with Gasteiger partial charge in [0.2, 0.25) is 0 Å². The molecule has 0 amide bonds. The van der Waals surface area contributed by atoms with Crippen molar-refractivity contribution in [2.24, 2.45) is 0 Å². The van der Waals surface area contributed by atoms with Crippen LogP contribution < -0.4 is 0 Å². The van der Waals surface area contributed by atoms with Gasteiger partial charge in [0, 0.05) is 12.8 Å². The molecule has 0 spiro atoms. The lowest BCUT2D eigenvalue weighted by atomic mass is 10.1. The Hall–Kier alpha value is -1.06. The van der Waals surface area contributed by atoms with E-state index in [1.807, 2.05) is 0 Å². The van der Waals surface area contributed by atoms with Crippen LogP contribution >= 0.6 is 0 Å². The molecule has 0 aliphatic carbocycles. The molecule has 0 aliphatic heterocycles. The van der Waals surface area contributed by atoms with Gasteiger partial charge >= 0.3 is 11.9 Å². The van der Waals surface area contributed by atoms with Gasteiger partial charge in [0.05, 0.1) is 13.2 Å². The second-order valence-corrected chi connectivity index (χ2v) is 8.60. The maximum absolute atomic E-state index is 11.7. The van der Waals surface area contributed by atoms with E-state index in [9.17, 15) is 9.59 Å². The summed E-state index contributed by atoms with van der Waals surface area (Å²) in [6.07, 6.45) is 22.3. The van der Waals surface area contributed by atoms with Gasteiger partial charge < -0.3 is 9.47 Å². The highest BCUT2D eigenvalue weighted by Crippen LogP contribution is 2.11. The molecular formula is C26H50O4. The van der Waals surface area contributed by atoms with Crippen LogP contribution in [0.5, 0.6) is 0 Å². The zero-order valence-electron chi connectivity index (χ0n) is 20.2. The normalized spacial score (nSPS) is 10.9. The lowest BCUT2D eigenvalue weighted by molar-refractivity contribution is -0.146. The first-order chi connectivity index (χ1) is 14.7. The molecule has 178 valence electrons. The van der Waals surface area contributed by atoms with Gasteiger partial charge in [-0.2, -0.15) is 0 Å². The quantitative estimate of drug-likeness (QED) is 0.123. The maximum atomic E-state index is 11.7. The highest BCUT2D eigenvalue weighted by molar-refractivity contribution is 5.69. The summed E-state index contributed by atoms with van der Waals surface area (Å²) in [6, 6.07) is 0. The van der Waals surface area contributed by atoms with Crippen LogP contribution in [0.4, 0.5) is 0 Å². The van der Waals surface area contributed by atoms with Crippen molar-refractivity contribution in [1.29, 1.82) is 0 Å². The first kappa shape index (κ1) is 28.9. The first-order valence-corrected chi connectivity index (χ1v) is 13.0. The van der Waals surface area contributed by atoms with Gasteiger partial charge in [0.25, 0.3) is 0 Å². The van der Waals surface area contributed by atoms with Crippen LogP contribution in [0.2, 0.25) is 0 Å². The summed E-state index contributed by atoms with van der Waals surface area (Å²) in [6.45, 7) is 5.34. The molecule has 0 aromatic heterocycles.